The van der Waals surface area contributed by atoms with Crippen LogP contribution in [-0.2, 0) is 0 Å². The lowest BCUT2D eigenvalue weighted by Crippen LogP contribution is -2.58. The van der Waals surface area contributed by atoms with Gasteiger partial charge in [0.1, 0.15) is 0 Å². The first-order valence-electron chi connectivity index (χ1n) is 6.07. The van der Waals surface area contributed by atoms with E-state index in [1.165, 1.54) is 6.42 Å². The maximum absolute atomic E-state index is 8.66. The van der Waals surface area contributed by atoms with Gasteiger partial charge in [-0.1, -0.05) is 0 Å². The van der Waals surface area contributed by atoms with Gasteiger partial charge in [0.2, 0.25) is 0 Å². The van der Waals surface area contributed by atoms with E-state index < -0.39 is 0 Å². The first-order valence-corrected chi connectivity index (χ1v) is 6.07. The number of rotatable bonds is 4. The lowest BCUT2D eigenvalue weighted by molar-refractivity contribution is 0.139. The fourth-order valence-corrected chi connectivity index (χ4v) is 2.76. The minimum Gasteiger partial charge on any atom is -0.306 e. The molecular formula is C13H21N3. The molecule has 1 rings (SSSR count). The highest BCUT2D eigenvalue weighted by atomic mass is 15.1. The molecule has 3 heteroatoms. The Morgan fingerprint density at radius 2 is 1.44 bits per heavy atom. The summed E-state index contributed by atoms with van der Waals surface area (Å²) in [6.07, 6.45) is 6.50. The first kappa shape index (κ1) is 13.0. The summed E-state index contributed by atoms with van der Waals surface area (Å²) in [4.78, 5) is 0. The standard InChI is InChI=1S/C13H21N3/c1-12(8-4-10-14)6-3-7-13(2,16-12)9-5-11-15/h16H,3-9H2,1-2H3. The summed E-state index contributed by atoms with van der Waals surface area (Å²) in [5.41, 5.74) is 0.163. The molecule has 0 aromatic carbocycles. The Balaban J connectivity index is 2.58. The number of piperidine rings is 1. The Morgan fingerprint density at radius 1 is 1.00 bits per heavy atom. The topological polar surface area (TPSA) is 59.6 Å². The zero-order valence-electron chi connectivity index (χ0n) is 10.3. The maximum atomic E-state index is 8.66. The number of hydrogen-bond acceptors (Lipinski definition) is 3. The summed E-state index contributed by atoms with van der Waals surface area (Å²) in [5.74, 6) is 0. The van der Waals surface area contributed by atoms with Crippen molar-refractivity contribution in [2.75, 3.05) is 0 Å². The van der Waals surface area contributed by atoms with Crippen LogP contribution in [0.4, 0.5) is 0 Å². The maximum Gasteiger partial charge on any atom is 0.0622 e. The Morgan fingerprint density at radius 3 is 1.81 bits per heavy atom. The Labute approximate surface area is 98.4 Å². The molecule has 1 heterocycles. The minimum absolute atomic E-state index is 0.0815. The van der Waals surface area contributed by atoms with Gasteiger partial charge in [0.05, 0.1) is 12.1 Å². The van der Waals surface area contributed by atoms with E-state index in [0.717, 1.165) is 25.7 Å². The van der Waals surface area contributed by atoms with Crippen LogP contribution in [0.5, 0.6) is 0 Å². The van der Waals surface area contributed by atoms with Crippen molar-refractivity contribution in [3.8, 4) is 12.1 Å². The molecule has 1 saturated heterocycles. The van der Waals surface area contributed by atoms with Gasteiger partial charge >= 0.3 is 0 Å². The van der Waals surface area contributed by atoms with Gasteiger partial charge in [-0.15, -0.1) is 0 Å². The Kier molecular flexibility index (Phi) is 4.33. The molecule has 1 N–H and O–H groups in total. The van der Waals surface area contributed by atoms with Crippen LogP contribution in [0.25, 0.3) is 0 Å². The molecule has 0 bridgehead atoms. The largest absolute Gasteiger partial charge is 0.306 e. The van der Waals surface area contributed by atoms with Gasteiger partial charge in [0.15, 0.2) is 0 Å². The van der Waals surface area contributed by atoms with Crippen LogP contribution in [-0.4, -0.2) is 11.1 Å². The number of nitriles is 2. The van der Waals surface area contributed by atoms with Crippen LogP contribution in [0.1, 0.15) is 58.8 Å². The van der Waals surface area contributed by atoms with Crippen LogP contribution in [0, 0.1) is 22.7 Å². The van der Waals surface area contributed by atoms with Crippen LogP contribution >= 0.6 is 0 Å². The zero-order valence-corrected chi connectivity index (χ0v) is 10.3. The van der Waals surface area contributed by atoms with E-state index in [0.29, 0.717) is 12.8 Å². The third-order valence-corrected chi connectivity index (χ3v) is 3.64. The number of nitrogens with zero attached hydrogens (tertiary/aromatic N) is 2. The summed E-state index contributed by atoms with van der Waals surface area (Å²) in [7, 11) is 0. The predicted molar refractivity (Wildman–Crippen MR) is 63.5 cm³/mol. The van der Waals surface area contributed by atoms with Gasteiger partial charge < -0.3 is 5.32 Å². The second-order valence-electron chi connectivity index (χ2n) is 5.42. The molecule has 16 heavy (non-hydrogen) atoms. The molecule has 0 aliphatic carbocycles. The summed E-state index contributed by atoms with van der Waals surface area (Å²) in [6, 6.07) is 4.44. The summed E-state index contributed by atoms with van der Waals surface area (Å²) >= 11 is 0. The molecule has 3 nitrogen and oxygen atoms in total. The molecule has 1 aliphatic heterocycles. The highest BCUT2D eigenvalue weighted by Crippen LogP contribution is 2.33. The molecule has 0 aromatic heterocycles. The van der Waals surface area contributed by atoms with Crippen LogP contribution in [0.2, 0.25) is 0 Å². The highest BCUT2D eigenvalue weighted by Gasteiger charge is 2.37. The van der Waals surface area contributed by atoms with Gasteiger partial charge in [0, 0.05) is 23.9 Å². The van der Waals surface area contributed by atoms with E-state index in [1.807, 2.05) is 0 Å². The van der Waals surface area contributed by atoms with Crippen LogP contribution < -0.4 is 5.32 Å². The number of hydrogen-bond donors (Lipinski definition) is 1. The van der Waals surface area contributed by atoms with Crippen molar-refractivity contribution in [3.05, 3.63) is 0 Å². The van der Waals surface area contributed by atoms with E-state index >= 15 is 0 Å². The molecular weight excluding hydrogens is 198 g/mol. The van der Waals surface area contributed by atoms with E-state index in [-0.39, 0.29) is 11.1 Å². The van der Waals surface area contributed by atoms with E-state index in [1.54, 1.807) is 0 Å². The molecule has 0 aromatic rings. The van der Waals surface area contributed by atoms with Crippen molar-refractivity contribution in [2.24, 2.45) is 0 Å². The highest BCUT2D eigenvalue weighted by molar-refractivity contribution is 5.00. The lowest BCUT2D eigenvalue weighted by Gasteiger charge is -2.46. The van der Waals surface area contributed by atoms with E-state index in [9.17, 15) is 0 Å². The quantitative estimate of drug-likeness (QED) is 0.791. The Bertz CT molecular complexity index is 282. The third-order valence-electron chi connectivity index (χ3n) is 3.64. The molecule has 88 valence electrons. The zero-order chi connectivity index (χ0) is 12.1. The van der Waals surface area contributed by atoms with Crippen molar-refractivity contribution in [1.29, 1.82) is 10.5 Å². The lowest BCUT2D eigenvalue weighted by atomic mass is 9.77. The fraction of sp³-hybridized carbons (Fsp3) is 0.846. The van der Waals surface area contributed by atoms with E-state index in [4.69, 9.17) is 10.5 Å². The van der Waals surface area contributed by atoms with Crippen LogP contribution in [0.15, 0.2) is 0 Å². The van der Waals surface area contributed by atoms with Crippen molar-refractivity contribution >= 4 is 0 Å². The normalized spacial score (nSPS) is 34.0. The molecule has 0 radical (unpaired) electrons. The molecule has 0 amide bonds. The second-order valence-corrected chi connectivity index (χ2v) is 5.42. The van der Waals surface area contributed by atoms with Crippen molar-refractivity contribution < 1.29 is 0 Å². The van der Waals surface area contributed by atoms with Gasteiger partial charge in [-0.2, -0.15) is 10.5 Å². The summed E-state index contributed by atoms with van der Waals surface area (Å²) < 4.78 is 0. The van der Waals surface area contributed by atoms with E-state index in [2.05, 4.69) is 31.3 Å². The predicted octanol–water partition coefficient (Wildman–Crippen LogP) is 2.88. The molecule has 0 saturated carbocycles. The summed E-state index contributed by atoms with van der Waals surface area (Å²) in [6.45, 7) is 4.41. The van der Waals surface area contributed by atoms with Gasteiger partial charge in [0.25, 0.3) is 0 Å². The number of nitrogens with one attached hydrogen (secondary N) is 1. The van der Waals surface area contributed by atoms with Crippen molar-refractivity contribution in [1.82, 2.24) is 5.32 Å². The average Bonchev–Trinajstić information content (AvgIpc) is 2.24. The average molecular weight is 219 g/mol. The monoisotopic (exact) mass is 219 g/mol. The van der Waals surface area contributed by atoms with Gasteiger partial charge in [-0.05, 0) is 46.0 Å². The molecule has 1 aliphatic rings. The second kappa shape index (κ2) is 5.32. The molecule has 1 fully saturated rings. The molecule has 2 unspecified atom stereocenters. The first-order chi connectivity index (χ1) is 7.54. The van der Waals surface area contributed by atoms with Crippen molar-refractivity contribution in [3.63, 3.8) is 0 Å². The third kappa shape index (κ3) is 3.51. The van der Waals surface area contributed by atoms with Gasteiger partial charge in [-0.25, -0.2) is 0 Å². The molecule has 0 spiro atoms. The minimum atomic E-state index is 0.0815. The van der Waals surface area contributed by atoms with Crippen LogP contribution in [0.3, 0.4) is 0 Å². The summed E-state index contributed by atoms with van der Waals surface area (Å²) in [5, 5.41) is 21.0. The Hall–Kier alpha value is -1.06. The fourth-order valence-electron chi connectivity index (χ4n) is 2.76. The van der Waals surface area contributed by atoms with Crippen molar-refractivity contribution in [2.45, 2.75) is 69.9 Å². The molecule has 2 atom stereocenters. The smallest absolute Gasteiger partial charge is 0.0622 e. The van der Waals surface area contributed by atoms with Gasteiger partial charge in [-0.3, -0.25) is 0 Å². The SMILES string of the molecule is CC1(CCC#N)CCCC(C)(CCC#N)N1.